The zero-order valence-corrected chi connectivity index (χ0v) is 30.8. The Hall–Kier alpha value is -4.29. The standard InChI is InChI=1S/C27H32F2N8O3S.C6H6OS.C2H6O/c1-15(2)22(30)27(39)40-14-36-11-16(10-31-36)26-33-20(13-41-26)25(38)32-19-12-37(17-6-4-3-5-7-17)35-24(19)23-18(28)8-9-21(29)34-23;7-8-6-4-2-1-3-5-6;1-2-3/h8-10,12-13,15-17,22H,3-7,11,14,30H2,1-2H3,(H,32,38);1-5,7H;3H,2H2,1H3. The Morgan fingerprint density at radius 2 is 1.81 bits per heavy atom. The van der Waals surface area contributed by atoms with Gasteiger partial charge in [-0.1, -0.05) is 51.3 Å². The molecule has 0 saturated heterocycles. The van der Waals surface area contributed by atoms with Crippen LogP contribution in [-0.2, 0) is 9.53 Å². The first-order valence-corrected chi connectivity index (χ1v) is 18.6. The van der Waals surface area contributed by atoms with Gasteiger partial charge in [-0.15, -0.1) is 11.3 Å². The smallest absolute Gasteiger partial charge is 0.324 e. The van der Waals surface area contributed by atoms with Gasteiger partial charge in [0.25, 0.3) is 5.91 Å². The molecular formula is C35H44F2N8O5S2. The van der Waals surface area contributed by atoms with Crippen molar-refractivity contribution < 1.29 is 32.8 Å². The number of hydrogen-bond donors (Lipinski definition) is 4. The maximum Gasteiger partial charge on any atom is 0.324 e. The molecule has 52 heavy (non-hydrogen) atoms. The summed E-state index contributed by atoms with van der Waals surface area (Å²) in [7, 11) is 0. The summed E-state index contributed by atoms with van der Waals surface area (Å²) in [6.45, 7) is 5.99. The van der Waals surface area contributed by atoms with Gasteiger partial charge in [0, 0.05) is 41.3 Å². The maximum atomic E-state index is 14.7. The van der Waals surface area contributed by atoms with Crippen molar-refractivity contribution in [3.63, 3.8) is 0 Å². The van der Waals surface area contributed by atoms with Crippen LogP contribution < -0.4 is 11.1 Å². The normalized spacial score (nSPS) is 16.1. The van der Waals surface area contributed by atoms with Crippen molar-refractivity contribution in [1.29, 1.82) is 0 Å². The van der Waals surface area contributed by atoms with Gasteiger partial charge in [-0.3, -0.25) is 19.3 Å². The molecule has 0 bridgehead atoms. The maximum absolute atomic E-state index is 14.7. The fourth-order valence-electron chi connectivity index (χ4n) is 5.24. The van der Waals surface area contributed by atoms with Gasteiger partial charge in [0.2, 0.25) is 5.95 Å². The van der Waals surface area contributed by atoms with E-state index in [9.17, 15) is 18.4 Å². The molecule has 1 aliphatic carbocycles. The monoisotopic (exact) mass is 758 g/mol. The molecule has 1 aromatic carbocycles. The van der Waals surface area contributed by atoms with Crippen LogP contribution in [0.1, 0.15) is 80.3 Å². The first kappa shape index (κ1) is 40.5. The van der Waals surface area contributed by atoms with Gasteiger partial charge in [-0.2, -0.15) is 14.6 Å². The highest BCUT2D eigenvalue weighted by Crippen LogP contribution is 2.34. The van der Waals surface area contributed by atoms with Crippen molar-refractivity contribution in [3.05, 3.63) is 76.5 Å². The van der Waals surface area contributed by atoms with Crippen molar-refractivity contribution in [2.75, 3.05) is 25.2 Å². The minimum atomic E-state index is -0.847. The third-order valence-corrected chi connectivity index (χ3v) is 9.51. The Bertz CT molecular complexity index is 1770. The number of nitrogens with zero attached hydrogens (tertiary/aromatic N) is 6. The fourth-order valence-corrected chi connectivity index (χ4v) is 6.37. The second-order valence-corrected chi connectivity index (χ2v) is 13.8. The quantitative estimate of drug-likeness (QED) is 0.0782. The Kier molecular flexibility index (Phi) is 15.6. The molecule has 3 aromatic heterocycles. The lowest BCUT2D eigenvalue weighted by molar-refractivity contribution is -0.151. The van der Waals surface area contributed by atoms with Crippen molar-refractivity contribution >= 4 is 47.2 Å². The molecule has 0 radical (unpaired) electrons. The number of carbonyl (C=O) groups excluding carboxylic acids is 2. The molecule has 13 nitrogen and oxygen atoms in total. The first-order valence-electron chi connectivity index (χ1n) is 16.9. The zero-order chi connectivity index (χ0) is 37.6. The van der Waals surface area contributed by atoms with E-state index in [1.165, 1.54) is 11.3 Å². The number of thiazole rings is 1. The molecule has 280 valence electrons. The van der Waals surface area contributed by atoms with Crippen LogP contribution in [0.2, 0.25) is 0 Å². The van der Waals surface area contributed by atoms with Crippen LogP contribution in [0.4, 0.5) is 14.5 Å². The number of aliphatic hydroxyl groups is 1. The number of nitrogens with two attached hydrogens (primary N) is 1. The fraction of sp³-hybridized carbons (Fsp3) is 0.429. The number of amides is 1. The van der Waals surface area contributed by atoms with E-state index in [4.69, 9.17) is 20.1 Å². The summed E-state index contributed by atoms with van der Waals surface area (Å²) in [6, 6.07) is 10.7. The van der Waals surface area contributed by atoms with E-state index in [0.717, 1.165) is 61.2 Å². The Morgan fingerprint density at radius 1 is 1.10 bits per heavy atom. The number of nitrogens with one attached hydrogen (secondary N) is 1. The van der Waals surface area contributed by atoms with E-state index >= 15 is 0 Å². The number of aliphatic hydroxyl groups excluding tert-OH is 1. The number of rotatable bonds is 10. The van der Waals surface area contributed by atoms with Gasteiger partial charge in [0.05, 0.1) is 24.2 Å². The van der Waals surface area contributed by atoms with Crippen molar-refractivity contribution in [2.45, 2.75) is 75.8 Å². The van der Waals surface area contributed by atoms with Crippen LogP contribution >= 0.6 is 23.4 Å². The van der Waals surface area contributed by atoms with Crippen LogP contribution in [-0.4, -0.2) is 78.4 Å². The number of anilines is 1. The number of benzene rings is 1. The number of esters is 1. The van der Waals surface area contributed by atoms with E-state index in [0.29, 0.717) is 11.6 Å². The lowest BCUT2D eigenvalue weighted by Gasteiger charge is -2.21. The van der Waals surface area contributed by atoms with E-state index in [1.807, 2.05) is 44.2 Å². The number of hydrogen-bond acceptors (Lipinski definition) is 13. The van der Waals surface area contributed by atoms with Gasteiger partial charge in [0.15, 0.2) is 12.5 Å². The van der Waals surface area contributed by atoms with Gasteiger partial charge < -0.3 is 25.4 Å². The van der Waals surface area contributed by atoms with E-state index in [2.05, 4.69) is 25.5 Å². The number of pyridine rings is 1. The van der Waals surface area contributed by atoms with Gasteiger partial charge >= 0.3 is 5.97 Å². The molecule has 2 atom stereocenters. The predicted octanol–water partition coefficient (Wildman–Crippen LogP) is 6.56. The number of halogens is 2. The van der Waals surface area contributed by atoms with E-state index in [1.54, 1.807) is 34.4 Å². The summed E-state index contributed by atoms with van der Waals surface area (Å²) in [4.78, 5) is 34.3. The van der Waals surface area contributed by atoms with Crippen LogP contribution in [0.25, 0.3) is 11.4 Å². The zero-order valence-electron chi connectivity index (χ0n) is 29.2. The molecule has 1 saturated carbocycles. The lowest BCUT2D eigenvalue weighted by Crippen LogP contribution is -2.38. The molecule has 1 fully saturated rings. The molecule has 1 aliphatic heterocycles. The molecule has 4 heterocycles. The Morgan fingerprint density at radius 3 is 2.46 bits per heavy atom. The molecule has 1 amide bonds. The molecule has 2 aliphatic rings. The lowest BCUT2D eigenvalue weighted by atomic mass is 9.96. The SMILES string of the molecule is CC(C)C(N)C(=O)OCN1CC(c2nc(C(=O)Nc3cn(C4CCCCC4)nc3-c3nc(F)ccc3F)cs2)C=N1.CCO.OSc1ccccc1. The minimum absolute atomic E-state index is 0.0383. The van der Waals surface area contributed by atoms with Crippen LogP contribution in [0.3, 0.4) is 0 Å². The molecule has 5 N–H and O–H groups in total. The van der Waals surface area contributed by atoms with E-state index in [-0.39, 0.29) is 54.0 Å². The summed E-state index contributed by atoms with van der Waals surface area (Å²) >= 11 is 2.06. The molecule has 6 rings (SSSR count). The summed E-state index contributed by atoms with van der Waals surface area (Å²) in [5.41, 5.74) is 5.99. The second-order valence-electron chi connectivity index (χ2n) is 12.3. The molecule has 0 spiro atoms. The third-order valence-electron chi connectivity index (χ3n) is 8.05. The molecular weight excluding hydrogens is 715 g/mol. The average Bonchev–Trinajstić information content (AvgIpc) is 3.93. The van der Waals surface area contributed by atoms with Crippen LogP contribution in [0, 0.1) is 17.7 Å². The largest absolute Gasteiger partial charge is 0.442 e. The number of hydrazone groups is 1. The number of ether oxygens (including phenoxy) is 1. The van der Waals surface area contributed by atoms with E-state index < -0.39 is 29.7 Å². The van der Waals surface area contributed by atoms with Gasteiger partial charge in [-0.05, 0) is 49.9 Å². The second kappa shape index (κ2) is 20.1. The summed E-state index contributed by atoms with van der Waals surface area (Å²) in [5, 5.41) is 23.0. The third kappa shape index (κ3) is 11.4. The highest BCUT2D eigenvalue weighted by Gasteiger charge is 2.27. The van der Waals surface area contributed by atoms with Crippen molar-refractivity contribution in [3.8, 4) is 11.4 Å². The van der Waals surface area contributed by atoms with Crippen LogP contribution in [0.5, 0.6) is 0 Å². The van der Waals surface area contributed by atoms with Crippen molar-refractivity contribution in [1.82, 2.24) is 24.8 Å². The van der Waals surface area contributed by atoms with Gasteiger partial charge in [0.1, 0.15) is 28.1 Å². The highest BCUT2D eigenvalue weighted by molar-refractivity contribution is 7.93. The summed E-state index contributed by atoms with van der Waals surface area (Å²) < 4.78 is 44.0. The number of aromatic nitrogens is 4. The topological polar surface area (TPSA) is 181 Å². The van der Waals surface area contributed by atoms with Crippen LogP contribution in [0.15, 0.2) is 64.0 Å². The summed E-state index contributed by atoms with van der Waals surface area (Å²) in [6.07, 6.45) is 8.38. The highest BCUT2D eigenvalue weighted by atomic mass is 32.2. The Balaban J connectivity index is 0.000000474. The average molecular weight is 759 g/mol. The number of carbonyl (C=O) groups is 2. The molecule has 2 unspecified atom stereocenters. The predicted molar refractivity (Wildman–Crippen MR) is 197 cm³/mol. The molecule has 4 aromatic rings. The minimum Gasteiger partial charge on any atom is -0.442 e. The van der Waals surface area contributed by atoms with Crippen molar-refractivity contribution in [2.24, 2.45) is 16.8 Å². The molecule has 17 heteroatoms. The first-order chi connectivity index (χ1) is 25.0. The van der Waals surface area contributed by atoms with Gasteiger partial charge in [-0.25, -0.2) is 14.4 Å². The Labute approximate surface area is 309 Å². The summed E-state index contributed by atoms with van der Waals surface area (Å²) in [5.74, 6) is -2.84.